The summed E-state index contributed by atoms with van der Waals surface area (Å²) in [6, 6.07) is -1.02. The van der Waals surface area contributed by atoms with E-state index in [1.165, 1.54) is 25.7 Å². The highest BCUT2D eigenvalue weighted by Crippen LogP contribution is 2.33. The van der Waals surface area contributed by atoms with Crippen molar-refractivity contribution in [1.82, 2.24) is 5.32 Å². The van der Waals surface area contributed by atoms with E-state index in [0.717, 1.165) is 128 Å². The van der Waals surface area contributed by atoms with Crippen LogP contribution in [0.25, 0.3) is 0 Å². The van der Waals surface area contributed by atoms with Crippen LogP contribution in [0, 0.1) is 0 Å². The van der Waals surface area contributed by atoms with Gasteiger partial charge >= 0.3 is 0 Å². The van der Waals surface area contributed by atoms with E-state index in [0.29, 0.717) is 12.8 Å². The fourth-order valence-electron chi connectivity index (χ4n) is 10.9. The van der Waals surface area contributed by atoms with Crippen LogP contribution in [0.1, 0.15) is 187 Å². The fraction of sp³-hybridized carbons (Fsp3) is 0.633. The van der Waals surface area contributed by atoms with E-state index >= 15 is 0 Å². The van der Waals surface area contributed by atoms with Crippen molar-refractivity contribution in [2.75, 3.05) is 26.4 Å². The number of ether oxygens (including phenoxy) is 6. The number of hydrogen-bond acceptors (Lipinski definition) is 18. The molecule has 17 unspecified atom stereocenters. The molecule has 0 radical (unpaired) electrons. The Morgan fingerprint density at radius 3 is 1.14 bits per heavy atom. The van der Waals surface area contributed by atoms with Crippen LogP contribution in [0.15, 0.2) is 170 Å². The summed E-state index contributed by atoms with van der Waals surface area (Å²) in [4.78, 5) is 13.4. The third kappa shape index (κ3) is 38.3. The second-order valence-corrected chi connectivity index (χ2v) is 24.9. The Morgan fingerprint density at radius 2 is 0.714 bits per heavy atom. The van der Waals surface area contributed by atoms with Gasteiger partial charge in [0, 0.05) is 6.42 Å². The molecule has 0 aromatic carbocycles. The lowest BCUT2D eigenvalue weighted by Crippen LogP contribution is -2.66. The summed E-state index contributed by atoms with van der Waals surface area (Å²) in [7, 11) is 0. The van der Waals surface area contributed by atoms with Crippen LogP contribution in [0.5, 0.6) is 0 Å². The van der Waals surface area contributed by atoms with Gasteiger partial charge in [-0.1, -0.05) is 223 Å². The average Bonchev–Trinajstić information content (AvgIpc) is 0.785. The number of hydrogen-bond donors (Lipinski definition) is 12. The van der Waals surface area contributed by atoms with Gasteiger partial charge in [-0.15, -0.1) is 0 Å². The standard InChI is InChI=1S/C79H125NO18/c1-3-5-7-9-11-13-15-17-19-20-21-22-23-24-25-26-27-28-29-30-31-32-33-34-35-36-37-38-39-40-41-42-43-45-47-49-51-53-55-57-67(85)80-62(63(84)56-54-52-50-48-46-44-18-16-14-12-10-8-6-4-2)61-93-77-73(91)70(88)75(65(59-82)95-77)98-79-74(92)71(89)76(66(60-83)96-79)97-78-72(90)69(87)68(86)64(58-81)94-78/h5,7,11,13-14,16-17,19,21-22,24-25,27-28,30-31,33-34,36-37,39-40,42-43,46,48,54,56,62-66,68-79,81-84,86-92H,3-4,6,8-10,12,15,18,20,23,26,29,32,35,38,41,44-45,47,49-53,55,57-61H2,1-2H3,(H,80,85)/b7-5-,13-11-,16-14+,19-17-,22-21-,25-24-,28-27-,31-30-,34-33-,37-36-,40-39-,43-42-,48-46+,56-54+. The van der Waals surface area contributed by atoms with Crippen molar-refractivity contribution in [3.8, 4) is 0 Å². The van der Waals surface area contributed by atoms with E-state index in [-0.39, 0.29) is 12.3 Å². The Kier molecular flexibility index (Phi) is 51.5. The molecule has 3 rings (SSSR count). The zero-order valence-corrected chi connectivity index (χ0v) is 58.7. The molecule has 17 atom stereocenters. The van der Waals surface area contributed by atoms with E-state index < -0.39 is 131 Å². The van der Waals surface area contributed by atoms with E-state index in [1.807, 2.05) is 6.08 Å². The lowest BCUT2D eigenvalue weighted by Gasteiger charge is -2.48. The van der Waals surface area contributed by atoms with Gasteiger partial charge in [-0.2, -0.15) is 0 Å². The molecule has 12 N–H and O–H groups in total. The molecular weight excluding hydrogens is 1250 g/mol. The Bertz CT molecular complexity index is 2440. The van der Waals surface area contributed by atoms with Gasteiger partial charge in [0.25, 0.3) is 0 Å². The van der Waals surface area contributed by atoms with Crippen molar-refractivity contribution in [2.24, 2.45) is 0 Å². The van der Waals surface area contributed by atoms with Crippen molar-refractivity contribution < 1.29 is 89.4 Å². The van der Waals surface area contributed by atoms with Crippen LogP contribution in [0.4, 0.5) is 0 Å². The molecule has 0 saturated carbocycles. The molecule has 98 heavy (non-hydrogen) atoms. The minimum absolute atomic E-state index is 0.197. The molecule has 0 bridgehead atoms. The monoisotopic (exact) mass is 1380 g/mol. The number of nitrogens with one attached hydrogen (secondary N) is 1. The molecule has 3 heterocycles. The minimum Gasteiger partial charge on any atom is -0.394 e. The third-order valence-electron chi connectivity index (χ3n) is 16.7. The number of amides is 1. The first-order valence-electron chi connectivity index (χ1n) is 36.4. The Hall–Kier alpha value is -4.85. The van der Waals surface area contributed by atoms with Gasteiger partial charge in [-0.25, -0.2) is 0 Å². The second-order valence-electron chi connectivity index (χ2n) is 24.9. The Labute approximate surface area is 586 Å². The lowest BCUT2D eigenvalue weighted by atomic mass is 9.96. The molecule has 0 aromatic rings. The van der Waals surface area contributed by atoms with E-state index in [9.17, 15) is 61.0 Å². The SMILES string of the molecule is CC/C=C\C/C=C\C/C=C\C/C=C\C/C=C\C/C=C\C/C=C\C/C=C\C/C=C\C/C=C\C/C=C\CCCCCCCC(=O)NC(COC1OC(CO)C(OC2OC(CO)C(OC3OC(CO)C(O)C(O)C3O)C(O)C2O)C(O)C1O)C(O)/C=C/CC/C=C/CC/C=C/CCCCCC. The van der Waals surface area contributed by atoms with Gasteiger partial charge in [-0.3, -0.25) is 4.79 Å². The predicted molar refractivity (Wildman–Crippen MR) is 387 cm³/mol. The van der Waals surface area contributed by atoms with E-state index in [1.54, 1.807) is 6.08 Å². The topological polar surface area (TPSA) is 307 Å². The van der Waals surface area contributed by atoms with Crippen molar-refractivity contribution in [3.63, 3.8) is 0 Å². The summed E-state index contributed by atoms with van der Waals surface area (Å²) in [6.45, 7) is 1.51. The molecule has 19 heteroatoms. The summed E-state index contributed by atoms with van der Waals surface area (Å²) in [5.41, 5.74) is 0. The van der Waals surface area contributed by atoms with Gasteiger partial charge in [0.1, 0.15) is 73.2 Å². The number of carbonyl (C=O) groups excluding carboxylic acids is 1. The first kappa shape index (κ1) is 87.4. The van der Waals surface area contributed by atoms with Crippen LogP contribution >= 0.6 is 0 Å². The fourth-order valence-corrected chi connectivity index (χ4v) is 10.9. The molecule has 3 fully saturated rings. The van der Waals surface area contributed by atoms with Gasteiger partial charge in [0.15, 0.2) is 18.9 Å². The minimum atomic E-state index is -1.99. The molecule has 3 saturated heterocycles. The van der Waals surface area contributed by atoms with E-state index in [4.69, 9.17) is 28.4 Å². The van der Waals surface area contributed by atoms with Crippen molar-refractivity contribution in [3.05, 3.63) is 170 Å². The highest BCUT2D eigenvalue weighted by atomic mass is 16.8. The first-order chi connectivity index (χ1) is 47.8. The summed E-state index contributed by atoms with van der Waals surface area (Å²) in [5, 5.41) is 120. The van der Waals surface area contributed by atoms with Crippen LogP contribution in [-0.2, 0) is 33.2 Å². The Balaban J connectivity index is 1.37. The maximum Gasteiger partial charge on any atom is 0.220 e. The number of carbonyl (C=O) groups is 1. The number of rotatable bonds is 53. The molecule has 3 aliphatic heterocycles. The number of allylic oxidation sites excluding steroid dienone is 27. The molecule has 554 valence electrons. The smallest absolute Gasteiger partial charge is 0.220 e. The molecule has 1 amide bonds. The van der Waals surface area contributed by atoms with Crippen LogP contribution in [-0.4, -0.2) is 193 Å². The molecule has 0 aliphatic carbocycles. The summed E-state index contributed by atoms with van der Waals surface area (Å²) < 4.78 is 34.3. The maximum atomic E-state index is 13.4. The van der Waals surface area contributed by atoms with E-state index in [2.05, 4.69) is 177 Å². The number of aliphatic hydroxyl groups is 11. The summed E-state index contributed by atoms with van der Waals surface area (Å²) in [5.74, 6) is -0.318. The molecule has 19 nitrogen and oxygen atoms in total. The van der Waals surface area contributed by atoms with Crippen LogP contribution in [0.2, 0.25) is 0 Å². The average molecular weight is 1380 g/mol. The van der Waals surface area contributed by atoms with Crippen molar-refractivity contribution >= 4 is 5.91 Å². The summed E-state index contributed by atoms with van der Waals surface area (Å²) in [6.07, 6.45) is 59.1. The quantitative estimate of drug-likeness (QED) is 0.0199. The second kappa shape index (κ2) is 57.7. The van der Waals surface area contributed by atoms with Crippen LogP contribution in [0.3, 0.4) is 0 Å². The maximum absolute atomic E-state index is 13.4. The van der Waals surface area contributed by atoms with Gasteiger partial charge < -0.3 is 89.9 Å². The molecular formula is C79H125NO18. The normalized spacial score (nSPS) is 27.8. The lowest BCUT2D eigenvalue weighted by molar-refractivity contribution is -0.379. The van der Waals surface area contributed by atoms with Crippen molar-refractivity contribution in [2.45, 2.75) is 291 Å². The van der Waals surface area contributed by atoms with Gasteiger partial charge in [0.2, 0.25) is 5.91 Å². The third-order valence-corrected chi connectivity index (χ3v) is 16.7. The number of unbranched alkanes of at least 4 members (excludes halogenated alkanes) is 11. The molecule has 0 spiro atoms. The first-order valence-corrected chi connectivity index (χ1v) is 36.4. The zero-order valence-electron chi connectivity index (χ0n) is 58.7. The van der Waals surface area contributed by atoms with Gasteiger partial charge in [0.05, 0.1) is 38.6 Å². The van der Waals surface area contributed by atoms with Crippen molar-refractivity contribution in [1.29, 1.82) is 0 Å². The Morgan fingerprint density at radius 1 is 0.378 bits per heavy atom. The van der Waals surface area contributed by atoms with Crippen LogP contribution < -0.4 is 5.32 Å². The van der Waals surface area contributed by atoms with Gasteiger partial charge in [-0.05, 0) is 128 Å². The zero-order chi connectivity index (χ0) is 71.1. The highest BCUT2D eigenvalue weighted by molar-refractivity contribution is 5.76. The highest BCUT2D eigenvalue weighted by Gasteiger charge is 2.53. The summed E-state index contributed by atoms with van der Waals surface area (Å²) >= 11 is 0. The predicted octanol–water partition coefficient (Wildman–Crippen LogP) is 10.7. The largest absolute Gasteiger partial charge is 0.394 e. The number of aliphatic hydroxyl groups excluding tert-OH is 11. The molecule has 0 aromatic heterocycles. The molecule has 3 aliphatic rings.